The van der Waals surface area contributed by atoms with Crippen LogP contribution in [-0.2, 0) is 10.0 Å². The van der Waals surface area contributed by atoms with Crippen LogP contribution < -0.4 is 10.5 Å². The van der Waals surface area contributed by atoms with Gasteiger partial charge in [-0.15, -0.1) is 0 Å². The highest BCUT2D eigenvalue weighted by Crippen LogP contribution is 2.42. The molecule has 8 heteroatoms. The van der Waals surface area contributed by atoms with Gasteiger partial charge in [0.25, 0.3) is 5.91 Å². The van der Waals surface area contributed by atoms with Gasteiger partial charge < -0.3 is 5.32 Å². The van der Waals surface area contributed by atoms with Gasteiger partial charge in [-0.1, -0.05) is 6.92 Å². The molecule has 7 nitrogen and oxygen atoms in total. The van der Waals surface area contributed by atoms with Crippen LogP contribution in [0.1, 0.15) is 48.3 Å². The van der Waals surface area contributed by atoms with Crippen molar-refractivity contribution in [2.45, 2.75) is 43.0 Å². The predicted molar refractivity (Wildman–Crippen MR) is 67.0 cm³/mol. The summed E-state index contributed by atoms with van der Waals surface area (Å²) in [5.41, 5.74) is 0.361. The first-order valence-corrected chi connectivity index (χ1v) is 7.84. The quantitative estimate of drug-likeness (QED) is 0.725. The number of carbonyl (C=O) groups is 1. The molecule has 1 aromatic heterocycles. The van der Waals surface area contributed by atoms with Gasteiger partial charge in [-0.05, 0) is 25.2 Å². The molecule has 2 unspecified atom stereocenters. The molecule has 0 saturated heterocycles. The topological polar surface area (TPSA) is 118 Å². The van der Waals surface area contributed by atoms with Crippen LogP contribution in [0, 0.1) is 5.92 Å². The van der Waals surface area contributed by atoms with Crippen LogP contribution in [0.2, 0.25) is 0 Å². The minimum atomic E-state index is -3.95. The van der Waals surface area contributed by atoms with Crippen molar-refractivity contribution in [1.82, 2.24) is 15.5 Å². The molecule has 0 bridgehead atoms. The Morgan fingerprint density at radius 3 is 2.58 bits per heavy atom. The Labute approximate surface area is 111 Å². The van der Waals surface area contributed by atoms with Crippen LogP contribution >= 0.6 is 0 Å². The molecule has 0 aromatic carbocycles. The van der Waals surface area contributed by atoms with E-state index in [-0.39, 0.29) is 22.5 Å². The zero-order valence-corrected chi connectivity index (χ0v) is 11.3. The Hall–Kier alpha value is -1.41. The van der Waals surface area contributed by atoms with E-state index >= 15 is 0 Å². The number of nitrogens with one attached hydrogen (secondary N) is 2. The second kappa shape index (κ2) is 4.04. The van der Waals surface area contributed by atoms with Gasteiger partial charge in [0.2, 0.25) is 10.0 Å². The van der Waals surface area contributed by atoms with Crippen LogP contribution in [0.4, 0.5) is 0 Å². The summed E-state index contributed by atoms with van der Waals surface area (Å²) < 4.78 is 23.4. The Balaban J connectivity index is 1.94. The first kappa shape index (κ1) is 12.6. The number of H-pyrrole nitrogens is 1. The van der Waals surface area contributed by atoms with Crippen molar-refractivity contribution < 1.29 is 13.2 Å². The minimum absolute atomic E-state index is 0.108. The summed E-state index contributed by atoms with van der Waals surface area (Å²) in [6.45, 7) is 2.02. The lowest BCUT2D eigenvalue weighted by Crippen LogP contribution is -2.29. The van der Waals surface area contributed by atoms with E-state index in [9.17, 15) is 13.2 Å². The smallest absolute Gasteiger partial charge is 0.273 e. The molecule has 2 aliphatic rings. The minimum Gasteiger partial charge on any atom is -0.348 e. The zero-order valence-electron chi connectivity index (χ0n) is 10.5. The molecule has 2 aliphatic carbocycles. The normalized spacial score (nSPS) is 26.2. The highest BCUT2D eigenvalue weighted by atomic mass is 32.2. The number of nitrogens with zero attached hydrogens (tertiary/aromatic N) is 1. The van der Waals surface area contributed by atoms with Crippen molar-refractivity contribution in [3.05, 3.63) is 11.4 Å². The van der Waals surface area contributed by atoms with E-state index in [0.717, 1.165) is 19.3 Å². The number of aromatic nitrogens is 2. The molecule has 0 aliphatic heterocycles. The Kier molecular flexibility index (Phi) is 2.68. The van der Waals surface area contributed by atoms with Gasteiger partial charge in [0.05, 0.1) is 5.69 Å². The molecule has 3 rings (SSSR count). The Morgan fingerprint density at radius 2 is 2.11 bits per heavy atom. The third-order valence-corrected chi connectivity index (χ3v) is 4.64. The molecular weight excluding hydrogens is 268 g/mol. The molecular formula is C11H16N4O3S. The third kappa shape index (κ3) is 2.37. The number of nitrogens with two attached hydrogens (primary N) is 1. The maximum absolute atomic E-state index is 12.1. The van der Waals surface area contributed by atoms with Gasteiger partial charge >= 0.3 is 0 Å². The van der Waals surface area contributed by atoms with Gasteiger partial charge in [0, 0.05) is 12.0 Å². The average molecular weight is 284 g/mol. The SMILES string of the molecule is CC1CC1NC(=O)c1n[nH]c(C2CC2)c1S(N)(=O)=O. The molecule has 2 atom stereocenters. The number of carbonyl (C=O) groups excluding carboxylic acids is 1. The van der Waals surface area contributed by atoms with E-state index in [4.69, 9.17) is 5.14 Å². The number of hydrogen-bond acceptors (Lipinski definition) is 4. The van der Waals surface area contributed by atoms with Crippen LogP contribution in [0.25, 0.3) is 0 Å². The molecule has 1 amide bonds. The fourth-order valence-electron chi connectivity index (χ4n) is 2.20. The van der Waals surface area contributed by atoms with Crippen molar-refractivity contribution in [3.8, 4) is 0 Å². The van der Waals surface area contributed by atoms with Crippen molar-refractivity contribution in [3.63, 3.8) is 0 Å². The first-order valence-electron chi connectivity index (χ1n) is 6.30. The van der Waals surface area contributed by atoms with Crippen LogP contribution in [0.15, 0.2) is 4.90 Å². The summed E-state index contributed by atoms with van der Waals surface area (Å²) >= 11 is 0. The number of primary sulfonamides is 1. The highest BCUT2D eigenvalue weighted by molar-refractivity contribution is 7.89. The van der Waals surface area contributed by atoms with Crippen molar-refractivity contribution in [2.75, 3.05) is 0 Å². The Bertz CT molecular complexity index is 632. The molecule has 4 N–H and O–H groups in total. The summed E-state index contributed by atoms with van der Waals surface area (Å²) in [5, 5.41) is 14.5. The van der Waals surface area contributed by atoms with E-state index in [1.165, 1.54) is 0 Å². The van der Waals surface area contributed by atoms with Crippen LogP contribution in [0.5, 0.6) is 0 Å². The number of sulfonamides is 1. The summed E-state index contributed by atoms with van der Waals surface area (Å²) in [5.74, 6) is 0.0903. The summed E-state index contributed by atoms with van der Waals surface area (Å²) in [6.07, 6.45) is 2.70. The van der Waals surface area contributed by atoms with Gasteiger partial charge in [-0.25, -0.2) is 13.6 Å². The maximum Gasteiger partial charge on any atom is 0.273 e. The van der Waals surface area contributed by atoms with E-state index in [2.05, 4.69) is 15.5 Å². The predicted octanol–water partition coefficient (Wildman–Crippen LogP) is 0.0727. The lowest BCUT2D eigenvalue weighted by atomic mass is 10.2. The summed E-state index contributed by atoms with van der Waals surface area (Å²) in [6, 6.07) is 0.113. The summed E-state index contributed by atoms with van der Waals surface area (Å²) in [7, 11) is -3.95. The first-order chi connectivity index (χ1) is 8.88. The van der Waals surface area contributed by atoms with Gasteiger partial charge in [0.15, 0.2) is 5.69 Å². The fraction of sp³-hybridized carbons (Fsp3) is 0.636. The second-order valence-corrected chi connectivity index (χ2v) is 6.93. The molecule has 2 fully saturated rings. The van der Waals surface area contributed by atoms with E-state index in [0.29, 0.717) is 11.6 Å². The number of hydrogen-bond donors (Lipinski definition) is 3. The van der Waals surface area contributed by atoms with E-state index in [1.807, 2.05) is 6.92 Å². The molecule has 0 spiro atoms. The lowest BCUT2D eigenvalue weighted by Gasteiger charge is -2.04. The molecule has 2 saturated carbocycles. The monoisotopic (exact) mass is 284 g/mol. The maximum atomic E-state index is 12.1. The zero-order chi connectivity index (χ0) is 13.8. The largest absolute Gasteiger partial charge is 0.348 e. The fourth-order valence-corrected chi connectivity index (χ4v) is 3.12. The average Bonchev–Trinajstić information content (AvgIpc) is 3.20. The molecule has 0 radical (unpaired) electrons. The Morgan fingerprint density at radius 1 is 1.47 bits per heavy atom. The molecule has 1 heterocycles. The molecule has 104 valence electrons. The standard InChI is InChI=1S/C11H16N4O3S/c1-5-4-7(5)13-11(16)9-10(19(12,17)18)8(14-15-9)6-2-3-6/h5-7H,2-4H2,1H3,(H,13,16)(H,14,15)(H2,12,17,18). The highest BCUT2D eigenvalue weighted by Gasteiger charge is 2.39. The third-order valence-electron chi connectivity index (χ3n) is 3.66. The van der Waals surface area contributed by atoms with Gasteiger partial charge in [0.1, 0.15) is 4.90 Å². The van der Waals surface area contributed by atoms with Gasteiger partial charge in [-0.3, -0.25) is 9.89 Å². The molecule has 19 heavy (non-hydrogen) atoms. The van der Waals surface area contributed by atoms with Crippen molar-refractivity contribution in [2.24, 2.45) is 11.1 Å². The van der Waals surface area contributed by atoms with Crippen molar-refractivity contribution >= 4 is 15.9 Å². The van der Waals surface area contributed by atoms with Crippen LogP contribution in [-0.4, -0.2) is 30.6 Å². The number of amides is 1. The lowest BCUT2D eigenvalue weighted by molar-refractivity contribution is 0.0941. The van der Waals surface area contributed by atoms with Crippen molar-refractivity contribution in [1.29, 1.82) is 0 Å². The van der Waals surface area contributed by atoms with Gasteiger partial charge in [-0.2, -0.15) is 5.10 Å². The summed E-state index contributed by atoms with van der Waals surface area (Å²) in [4.78, 5) is 11.9. The number of aromatic amines is 1. The van der Waals surface area contributed by atoms with Crippen LogP contribution in [0.3, 0.4) is 0 Å². The molecule has 1 aromatic rings. The van der Waals surface area contributed by atoms with E-state index < -0.39 is 15.9 Å². The number of rotatable bonds is 4. The van der Waals surface area contributed by atoms with E-state index in [1.54, 1.807) is 0 Å². The second-order valence-electron chi connectivity index (χ2n) is 5.43.